The topological polar surface area (TPSA) is 83.6 Å². The molecule has 78 valence electrons. The minimum atomic E-state index is -1.13. The molecule has 0 aliphatic heterocycles. The SMILES string of the molecule is O=C(O)c1ccoc1C(O)c1cscn1. The second-order valence-electron chi connectivity index (χ2n) is 2.82. The average molecular weight is 225 g/mol. The number of hydrogen-bond donors (Lipinski definition) is 2. The van der Waals surface area contributed by atoms with Crippen LogP contribution in [0.4, 0.5) is 0 Å². The normalized spacial score (nSPS) is 12.6. The molecule has 5 nitrogen and oxygen atoms in total. The van der Waals surface area contributed by atoms with Crippen LogP contribution in [0.2, 0.25) is 0 Å². The lowest BCUT2D eigenvalue weighted by Crippen LogP contribution is -2.05. The van der Waals surface area contributed by atoms with Crippen molar-refractivity contribution in [1.82, 2.24) is 4.98 Å². The zero-order valence-electron chi connectivity index (χ0n) is 7.45. The average Bonchev–Trinajstić information content (AvgIpc) is 2.88. The molecule has 0 fully saturated rings. The maximum atomic E-state index is 10.8. The van der Waals surface area contributed by atoms with Crippen molar-refractivity contribution in [3.63, 3.8) is 0 Å². The standard InChI is InChI=1S/C9H7NO4S/c11-7(6-3-15-4-10-6)8-5(9(12)13)1-2-14-8/h1-4,7,11H,(H,12,13). The van der Waals surface area contributed by atoms with Crippen molar-refractivity contribution in [2.45, 2.75) is 6.10 Å². The molecule has 0 saturated carbocycles. The van der Waals surface area contributed by atoms with Gasteiger partial charge in [0.25, 0.3) is 0 Å². The number of aliphatic hydroxyl groups excluding tert-OH is 1. The van der Waals surface area contributed by atoms with Gasteiger partial charge in [0.1, 0.15) is 5.56 Å². The fraction of sp³-hybridized carbons (Fsp3) is 0.111. The van der Waals surface area contributed by atoms with Crippen LogP contribution in [0.25, 0.3) is 0 Å². The summed E-state index contributed by atoms with van der Waals surface area (Å²) in [5.74, 6) is -1.12. The summed E-state index contributed by atoms with van der Waals surface area (Å²) in [7, 11) is 0. The molecule has 1 unspecified atom stereocenters. The summed E-state index contributed by atoms with van der Waals surface area (Å²) >= 11 is 1.32. The van der Waals surface area contributed by atoms with Crippen molar-refractivity contribution in [3.8, 4) is 0 Å². The highest BCUT2D eigenvalue weighted by Crippen LogP contribution is 2.25. The first-order chi connectivity index (χ1) is 7.20. The van der Waals surface area contributed by atoms with E-state index >= 15 is 0 Å². The minimum absolute atomic E-state index is 0.00778. The Morgan fingerprint density at radius 2 is 2.40 bits per heavy atom. The van der Waals surface area contributed by atoms with E-state index in [1.807, 2.05) is 0 Å². The number of thiazole rings is 1. The number of hydrogen-bond acceptors (Lipinski definition) is 5. The van der Waals surface area contributed by atoms with Crippen LogP contribution in [-0.4, -0.2) is 21.2 Å². The third-order valence-corrected chi connectivity index (χ3v) is 2.51. The molecule has 2 N–H and O–H groups in total. The Balaban J connectivity index is 2.37. The first-order valence-corrected chi connectivity index (χ1v) is 5.01. The van der Waals surface area contributed by atoms with E-state index in [9.17, 15) is 9.90 Å². The molecule has 0 bridgehead atoms. The molecule has 2 aromatic rings. The van der Waals surface area contributed by atoms with Crippen LogP contribution in [0.15, 0.2) is 27.6 Å². The van der Waals surface area contributed by atoms with Crippen molar-refractivity contribution >= 4 is 17.3 Å². The molecule has 2 rings (SSSR count). The minimum Gasteiger partial charge on any atom is -0.478 e. The van der Waals surface area contributed by atoms with Gasteiger partial charge in [0.05, 0.1) is 17.5 Å². The summed E-state index contributed by atoms with van der Waals surface area (Å²) in [6.07, 6.45) is 0.103. The summed E-state index contributed by atoms with van der Waals surface area (Å²) in [4.78, 5) is 14.7. The van der Waals surface area contributed by atoms with Crippen molar-refractivity contribution < 1.29 is 19.4 Å². The highest BCUT2D eigenvalue weighted by Gasteiger charge is 2.23. The van der Waals surface area contributed by atoms with Crippen molar-refractivity contribution in [1.29, 1.82) is 0 Å². The summed E-state index contributed by atoms with van der Waals surface area (Å²) in [5.41, 5.74) is 1.90. The summed E-state index contributed by atoms with van der Waals surface area (Å²) in [5, 5.41) is 20.2. The van der Waals surface area contributed by atoms with Gasteiger partial charge in [-0.05, 0) is 6.07 Å². The number of nitrogens with zero attached hydrogens (tertiary/aromatic N) is 1. The van der Waals surface area contributed by atoms with E-state index in [0.717, 1.165) is 0 Å². The molecule has 0 aromatic carbocycles. The summed E-state index contributed by atoms with van der Waals surface area (Å²) in [6, 6.07) is 1.30. The van der Waals surface area contributed by atoms with Crippen LogP contribution in [0.5, 0.6) is 0 Å². The van der Waals surface area contributed by atoms with Gasteiger partial charge in [-0.3, -0.25) is 0 Å². The second kappa shape index (κ2) is 3.84. The maximum absolute atomic E-state index is 10.8. The van der Waals surface area contributed by atoms with Crippen molar-refractivity contribution in [2.75, 3.05) is 0 Å². The number of carboxylic acids is 1. The number of carbonyl (C=O) groups is 1. The van der Waals surface area contributed by atoms with Crippen LogP contribution in [0.3, 0.4) is 0 Å². The van der Waals surface area contributed by atoms with Gasteiger partial charge < -0.3 is 14.6 Å². The predicted octanol–water partition coefficient (Wildman–Crippen LogP) is 1.52. The maximum Gasteiger partial charge on any atom is 0.339 e. The van der Waals surface area contributed by atoms with Gasteiger partial charge in [0.2, 0.25) is 0 Å². The Hall–Kier alpha value is -1.66. The van der Waals surface area contributed by atoms with E-state index in [1.165, 1.54) is 23.7 Å². The van der Waals surface area contributed by atoms with Gasteiger partial charge in [0, 0.05) is 5.38 Å². The molecule has 6 heteroatoms. The van der Waals surface area contributed by atoms with E-state index < -0.39 is 12.1 Å². The van der Waals surface area contributed by atoms with Gasteiger partial charge in [-0.25, -0.2) is 9.78 Å². The van der Waals surface area contributed by atoms with Gasteiger partial charge >= 0.3 is 5.97 Å². The molecule has 2 heterocycles. The molecule has 15 heavy (non-hydrogen) atoms. The smallest absolute Gasteiger partial charge is 0.339 e. The van der Waals surface area contributed by atoms with Crippen molar-refractivity contribution in [2.24, 2.45) is 0 Å². The lowest BCUT2D eigenvalue weighted by molar-refractivity contribution is 0.0687. The lowest BCUT2D eigenvalue weighted by atomic mass is 10.1. The van der Waals surface area contributed by atoms with Crippen LogP contribution in [0.1, 0.15) is 27.9 Å². The summed E-state index contributed by atoms with van der Waals surface area (Å²) < 4.78 is 4.95. The highest BCUT2D eigenvalue weighted by molar-refractivity contribution is 7.07. The second-order valence-corrected chi connectivity index (χ2v) is 3.54. The molecule has 1 atom stereocenters. The van der Waals surface area contributed by atoms with Gasteiger partial charge in [-0.15, -0.1) is 11.3 Å². The zero-order chi connectivity index (χ0) is 10.8. The van der Waals surface area contributed by atoms with E-state index in [4.69, 9.17) is 9.52 Å². The molecular formula is C9H7NO4S. The number of aromatic nitrogens is 1. The van der Waals surface area contributed by atoms with E-state index in [-0.39, 0.29) is 11.3 Å². The molecule has 0 radical (unpaired) electrons. The van der Waals surface area contributed by atoms with Gasteiger partial charge in [0.15, 0.2) is 11.9 Å². The number of aliphatic hydroxyl groups is 1. The Kier molecular flexibility index (Phi) is 2.53. The molecule has 0 amide bonds. The Morgan fingerprint density at radius 1 is 1.60 bits per heavy atom. The van der Waals surface area contributed by atoms with E-state index in [2.05, 4.69) is 4.98 Å². The largest absolute Gasteiger partial charge is 0.478 e. The van der Waals surface area contributed by atoms with E-state index in [0.29, 0.717) is 5.69 Å². The first kappa shape index (κ1) is 9.88. The first-order valence-electron chi connectivity index (χ1n) is 4.07. The van der Waals surface area contributed by atoms with Gasteiger partial charge in [-0.1, -0.05) is 0 Å². The molecule has 0 aliphatic carbocycles. The number of furan rings is 1. The van der Waals surface area contributed by atoms with Crippen LogP contribution in [-0.2, 0) is 0 Å². The summed E-state index contributed by atoms with van der Waals surface area (Å²) in [6.45, 7) is 0. The highest BCUT2D eigenvalue weighted by atomic mass is 32.1. The zero-order valence-corrected chi connectivity index (χ0v) is 8.27. The van der Waals surface area contributed by atoms with Crippen molar-refractivity contribution in [3.05, 3.63) is 40.2 Å². The Bertz CT molecular complexity index is 462. The third kappa shape index (κ3) is 1.77. The number of carboxylic acid groups (broad SMARTS) is 1. The molecule has 0 spiro atoms. The Labute approximate surface area is 88.6 Å². The van der Waals surface area contributed by atoms with Crippen LogP contribution in [0, 0.1) is 0 Å². The Morgan fingerprint density at radius 3 is 3.00 bits per heavy atom. The molecule has 0 aliphatic rings. The molecule has 0 saturated heterocycles. The molecule has 2 aromatic heterocycles. The quantitative estimate of drug-likeness (QED) is 0.827. The molecular weight excluding hydrogens is 218 g/mol. The number of aromatic carboxylic acids is 1. The number of rotatable bonds is 3. The fourth-order valence-electron chi connectivity index (χ4n) is 1.20. The monoisotopic (exact) mass is 225 g/mol. The lowest BCUT2D eigenvalue weighted by Gasteiger charge is -2.05. The van der Waals surface area contributed by atoms with Crippen LogP contribution < -0.4 is 0 Å². The third-order valence-electron chi connectivity index (χ3n) is 1.91. The van der Waals surface area contributed by atoms with E-state index in [1.54, 1.807) is 10.9 Å². The van der Waals surface area contributed by atoms with Crippen LogP contribution >= 0.6 is 11.3 Å². The van der Waals surface area contributed by atoms with Gasteiger partial charge in [-0.2, -0.15) is 0 Å². The predicted molar refractivity (Wildman–Crippen MR) is 51.8 cm³/mol. The fourth-order valence-corrected chi connectivity index (χ4v) is 1.77.